The zero-order chi connectivity index (χ0) is 15.0. The maximum Gasteiger partial charge on any atom is 0.251 e. The maximum atomic E-state index is 12.2. The average molecular weight is 291 g/mol. The van der Waals surface area contributed by atoms with E-state index in [1.807, 2.05) is 0 Å². The molecule has 6 heteroatoms. The van der Waals surface area contributed by atoms with Gasteiger partial charge in [0.15, 0.2) is 0 Å². The fourth-order valence-corrected chi connectivity index (χ4v) is 3.10. The van der Waals surface area contributed by atoms with Crippen LogP contribution in [0.5, 0.6) is 0 Å². The van der Waals surface area contributed by atoms with Crippen LogP contribution in [0.25, 0.3) is 0 Å². The van der Waals surface area contributed by atoms with E-state index in [1.54, 1.807) is 19.3 Å². The third kappa shape index (κ3) is 3.01. The van der Waals surface area contributed by atoms with Gasteiger partial charge in [-0.05, 0) is 19.4 Å². The number of aryl methyl sites for hydroxylation is 1. The number of pyridine rings is 1. The Morgan fingerprint density at radius 2 is 2.24 bits per heavy atom. The van der Waals surface area contributed by atoms with Crippen LogP contribution < -0.4 is 10.9 Å². The zero-order valence-corrected chi connectivity index (χ0v) is 12.4. The van der Waals surface area contributed by atoms with Crippen molar-refractivity contribution in [3.63, 3.8) is 0 Å². The maximum absolute atomic E-state index is 12.2. The van der Waals surface area contributed by atoms with Gasteiger partial charge in [-0.25, -0.2) is 0 Å². The number of aromatic nitrogens is 1. The number of carbonyl (C=O) groups is 1. The van der Waals surface area contributed by atoms with Crippen LogP contribution in [0.4, 0.5) is 0 Å². The molecule has 2 aliphatic rings. The lowest BCUT2D eigenvalue weighted by atomic mass is 10.1. The van der Waals surface area contributed by atoms with Gasteiger partial charge in [0, 0.05) is 50.0 Å². The average Bonchev–Trinajstić information content (AvgIpc) is 2.83. The van der Waals surface area contributed by atoms with Gasteiger partial charge in [-0.2, -0.15) is 0 Å². The fourth-order valence-electron chi connectivity index (χ4n) is 3.10. The van der Waals surface area contributed by atoms with Gasteiger partial charge in [-0.3, -0.25) is 14.5 Å². The second-order valence-electron chi connectivity index (χ2n) is 6.02. The van der Waals surface area contributed by atoms with E-state index in [2.05, 4.69) is 17.1 Å². The summed E-state index contributed by atoms with van der Waals surface area (Å²) in [4.78, 5) is 26.2. The van der Waals surface area contributed by atoms with E-state index < -0.39 is 0 Å². The van der Waals surface area contributed by atoms with Gasteiger partial charge in [0.1, 0.15) is 0 Å². The molecular formula is C15H21N3O3. The second-order valence-corrected chi connectivity index (χ2v) is 6.02. The Hall–Kier alpha value is -1.66. The molecule has 0 aromatic carbocycles. The molecule has 1 aromatic rings. The minimum atomic E-state index is -0.175. The third-order valence-electron chi connectivity index (χ3n) is 4.29. The van der Waals surface area contributed by atoms with Crippen molar-refractivity contribution in [3.8, 4) is 0 Å². The van der Waals surface area contributed by atoms with Gasteiger partial charge in [-0.1, -0.05) is 0 Å². The highest BCUT2D eigenvalue weighted by atomic mass is 16.5. The Morgan fingerprint density at radius 1 is 1.43 bits per heavy atom. The molecule has 1 aromatic heterocycles. The first-order chi connectivity index (χ1) is 10.0. The lowest BCUT2D eigenvalue weighted by Gasteiger charge is -2.33. The van der Waals surface area contributed by atoms with Gasteiger partial charge in [0.05, 0.1) is 12.7 Å². The van der Waals surface area contributed by atoms with Crippen molar-refractivity contribution in [2.75, 3.05) is 19.7 Å². The van der Waals surface area contributed by atoms with Crippen LogP contribution in [0, 0.1) is 0 Å². The van der Waals surface area contributed by atoms with E-state index in [1.165, 1.54) is 10.6 Å². The standard InChI is InChI=1S/C15H21N3O3/c1-10-7-18-8-12(6-13(18)9-21-10)16-15(20)11-3-4-17(2)14(19)5-11/h3-5,10,12-13H,6-9H2,1-2H3,(H,16,20)/t10-,12-,13-/m0/s1. The normalized spacial score (nSPS) is 29.1. The van der Waals surface area contributed by atoms with Crippen molar-refractivity contribution in [3.05, 3.63) is 34.2 Å². The Balaban J connectivity index is 1.63. The van der Waals surface area contributed by atoms with Gasteiger partial charge in [0.2, 0.25) is 0 Å². The highest BCUT2D eigenvalue weighted by Crippen LogP contribution is 2.23. The number of nitrogens with one attached hydrogen (secondary N) is 1. The Kier molecular flexibility index (Phi) is 3.82. The van der Waals surface area contributed by atoms with E-state index in [0.29, 0.717) is 11.6 Å². The Labute approximate surface area is 123 Å². The van der Waals surface area contributed by atoms with E-state index in [4.69, 9.17) is 4.74 Å². The molecule has 2 saturated heterocycles. The molecule has 2 fully saturated rings. The van der Waals surface area contributed by atoms with Gasteiger partial charge >= 0.3 is 0 Å². The minimum absolute atomic E-state index is 0.125. The summed E-state index contributed by atoms with van der Waals surface area (Å²) in [5.74, 6) is -0.175. The van der Waals surface area contributed by atoms with Crippen molar-refractivity contribution in [2.45, 2.75) is 31.5 Å². The molecule has 1 N–H and O–H groups in total. The molecular weight excluding hydrogens is 270 g/mol. The van der Waals surface area contributed by atoms with E-state index >= 15 is 0 Å². The smallest absolute Gasteiger partial charge is 0.251 e. The molecule has 2 aliphatic heterocycles. The highest BCUT2D eigenvalue weighted by molar-refractivity contribution is 5.94. The first kappa shape index (κ1) is 14.3. The van der Waals surface area contributed by atoms with Crippen LogP contribution in [0.3, 0.4) is 0 Å². The number of amides is 1. The summed E-state index contributed by atoms with van der Waals surface area (Å²) < 4.78 is 7.11. The van der Waals surface area contributed by atoms with Crippen LogP contribution in [0.15, 0.2) is 23.1 Å². The predicted octanol–water partition coefficient (Wildman–Crippen LogP) is -0.0233. The van der Waals surface area contributed by atoms with Crippen LogP contribution in [-0.2, 0) is 11.8 Å². The largest absolute Gasteiger partial charge is 0.376 e. The summed E-state index contributed by atoms with van der Waals surface area (Å²) in [7, 11) is 1.67. The quantitative estimate of drug-likeness (QED) is 0.831. The van der Waals surface area contributed by atoms with Crippen LogP contribution in [0.1, 0.15) is 23.7 Å². The van der Waals surface area contributed by atoms with Crippen LogP contribution >= 0.6 is 0 Å². The van der Waals surface area contributed by atoms with Gasteiger partial charge in [-0.15, -0.1) is 0 Å². The number of hydrogen-bond donors (Lipinski definition) is 1. The number of carbonyl (C=O) groups excluding carboxylic acids is 1. The first-order valence-corrected chi connectivity index (χ1v) is 7.36. The summed E-state index contributed by atoms with van der Waals surface area (Å²) in [5, 5.41) is 3.03. The molecule has 0 unspecified atom stereocenters. The molecule has 6 nitrogen and oxygen atoms in total. The molecule has 3 heterocycles. The van der Waals surface area contributed by atoms with E-state index in [9.17, 15) is 9.59 Å². The van der Waals surface area contributed by atoms with E-state index in [0.717, 1.165) is 26.1 Å². The minimum Gasteiger partial charge on any atom is -0.376 e. The number of rotatable bonds is 2. The van der Waals surface area contributed by atoms with Crippen molar-refractivity contribution in [2.24, 2.45) is 7.05 Å². The number of nitrogens with zero attached hydrogens (tertiary/aromatic N) is 2. The number of morpholine rings is 1. The number of ether oxygens (including phenoxy) is 1. The molecule has 0 bridgehead atoms. The molecule has 0 radical (unpaired) electrons. The second kappa shape index (κ2) is 5.61. The topological polar surface area (TPSA) is 63.6 Å². The van der Waals surface area contributed by atoms with Crippen LogP contribution in [-0.4, -0.2) is 53.3 Å². The van der Waals surface area contributed by atoms with Crippen molar-refractivity contribution >= 4 is 5.91 Å². The summed E-state index contributed by atoms with van der Waals surface area (Å²) >= 11 is 0. The summed E-state index contributed by atoms with van der Waals surface area (Å²) in [6.45, 7) is 4.58. The molecule has 0 spiro atoms. The summed E-state index contributed by atoms with van der Waals surface area (Å²) in [5.41, 5.74) is 0.251. The van der Waals surface area contributed by atoms with Gasteiger partial charge in [0.25, 0.3) is 11.5 Å². The Morgan fingerprint density at radius 3 is 3.00 bits per heavy atom. The van der Waals surface area contributed by atoms with E-state index in [-0.39, 0.29) is 23.6 Å². The van der Waals surface area contributed by atoms with Crippen molar-refractivity contribution in [1.82, 2.24) is 14.8 Å². The highest BCUT2D eigenvalue weighted by Gasteiger charge is 2.36. The SMILES string of the molecule is C[C@H]1CN2C[C@@H](NC(=O)c3ccn(C)c(=O)c3)C[C@H]2CO1. The zero-order valence-electron chi connectivity index (χ0n) is 12.4. The third-order valence-corrected chi connectivity index (χ3v) is 4.29. The molecule has 114 valence electrons. The molecule has 1 amide bonds. The predicted molar refractivity (Wildman–Crippen MR) is 78.3 cm³/mol. The lowest BCUT2D eigenvalue weighted by molar-refractivity contribution is -0.0390. The monoisotopic (exact) mass is 291 g/mol. The van der Waals surface area contributed by atoms with Crippen molar-refractivity contribution in [1.29, 1.82) is 0 Å². The Bertz CT molecular complexity index is 598. The van der Waals surface area contributed by atoms with Gasteiger partial charge < -0.3 is 14.6 Å². The fraction of sp³-hybridized carbons (Fsp3) is 0.600. The summed E-state index contributed by atoms with van der Waals surface area (Å²) in [6.07, 6.45) is 2.78. The van der Waals surface area contributed by atoms with Crippen molar-refractivity contribution < 1.29 is 9.53 Å². The molecule has 0 saturated carbocycles. The molecule has 0 aliphatic carbocycles. The lowest BCUT2D eigenvalue weighted by Crippen LogP contribution is -2.45. The summed E-state index contributed by atoms with van der Waals surface area (Å²) in [6, 6.07) is 3.57. The molecule has 3 atom stereocenters. The van der Waals surface area contributed by atoms with Crippen LogP contribution in [0.2, 0.25) is 0 Å². The number of fused-ring (bicyclic) bond motifs is 1. The molecule has 3 rings (SSSR count). The number of hydrogen-bond acceptors (Lipinski definition) is 4. The first-order valence-electron chi connectivity index (χ1n) is 7.36. The molecule has 21 heavy (non-hydrogen) atoms.